The molecule has 3 nitrogen and oxygen atoms in total. The largest absolute Gasteiger partial charge is 0.396 e. The van der Waals surface area contributed by atoms with Gasteiger partial charge in [-0.05, 0) is 29.1 Å². The van der Waals surface area contributed by atoms with Crippen LogP contribution in [0.5, 0.6) is 0 Å². The molecule has 0 unspecified atom stereocenters. The minimum absolute atomic E-state index is 0.0983. The molecular weight excluding hydrogens is 258 g/mol. The molecule has 0 bridgehead atoms. The van der Waals surface area contributed by atoms with Crippen molar-refractivity contribution in [3.63, 3.8) is 0 Å². The first-order chi connectivity index (χ1) is 9.31. The first-order valence-electron chi connectivity index (χ1n) is 6.38. The molecule has 1 fully saturated rings. The lowest BCUT2D eigenvalue weighted by Gasteiger charge is -2.40. The van der Waals surface area contributed by atoms with E-state index in [0.29, 0.717) is 13.2 Å². The van der Waals surface area contributed by atoms with E-state index in [1.54, 1.807) is 11.3 Å². The Labute approximate surface area is 116 Å². The fraction of sp³-hybridized carbons (Fsp3) is 0.333. The first-order valence-corrected chi connectivity index (χ1v) is 7.26. The van der Waals surface area contributed by atoms with Gasteiger partial charge < -0.3 is 15.2 Å². The van der Waals surface area contributed by atoms with Crippen LogP contribution < -0.4 is 5.32 Å². The van der Waals surface area contributed by atoms with Crippen LogP contribution in [0.2, 0.25) is 0 Å². The molecule has 1 saturated heterocycles. The molecule has 1 aromatic heterocycles. The average Bonchev–Trinajstić information content (AvgIpc) is 2.92. The van der Waals surface area contributed by atoms with Crippen molar-refractivity contribution in [1.29, 1.82) is 0 Å². The maximum absolute atomic E-state index is 9.40. The SMILES string of the molecule is OCC1(CNc2cccc(-c3cccs3)c2)COC1. The first kappa shape index (κ1) is 12.7. The van der Waals surface area contributed by atoms with E-state index in [1.165, 1.54) is 10.4 Å². The van der Waals surface area contributed by atoms with Crippen LogP contribution in [0.1, 0.15) is 0 Å². The predicted octanol–water partition coefficient (Wildman–Crippen LogP) is 2.84. The number of hydrogen-bond acceptors (Lipinski definition) is 4. The Morgan fingerprint density at radius 1 is 1.26 bits per heavy atom. The van der Waals surface area contributed by atoms with E-state index in [9.17, 15) is 5.11 Å². The van der Waals surface area contributed by atoms with Crippen LogP contribution in [0.15, 0.2) is 41.8 Å². The third-order valence-electron chi connectivity index (χ3n) is 3.49. The lowest BCUT2D eigenvalue weighted by molar-refractivity contribution is -0.128. The minimum atomic E-state index is -0.0983. The van der Waals surface area contributed by atoms with Gasteiger partial charge in [-0.25, -0.2) is 0 Å². The van der Waals surface area contributed by atoms with Crippen molar-refractivity contribution in [2.45, 2.75) is 0 Å². The normalized spacial score (nSPS) is 16.9. The number of hydrogen-bond donors (Lipinski definition) is 2. The Bertz CT molecular complexity index is 529. The fourth-order valence-electron chi connectivity index (χ4n) is 2.15. The predicted molar refractivity (Wildman–Crippen MR) is 78.6 cm³/mol. The summed E-state index contributed by atoms with van der Waals surface area (Å²) in [5.41, 5.74) is 2.22. The highest BCUT2D eigenvalue weighted by molar-refractivity contribution is 7.13. The monoisotopic (exact) mass is 275 g/mol. The quantitative estimate of drug-likeness (QED) is 0.881. The van der Waals surface area contributed by atoms with E-state index in [4.69, 9.17) is 4.74 Å². The Morgan fingerprint density at radius 3 is 2.79 bits per heavy atom. The molecule has 0 spiro atoms. The van der Waals surface area contributed by atoms with Crippen LogP contribution in [-0.2, 0) is 4.74 Å². The zero-order valence-electron chi connectivity index (χ0n) is 10.6. The Hall–Kier alpha value is -1.36. The van der Waals surface area contributed by atoms with Gasteiger partial charge in [-0.1, -0.05) is 18.2 Å². The van der Waals surface area contributed by atoms with Gasteiger partial charge in [0.05, 0.1) is 25.2 Å². The fourth-order valence-corrected chi connectivity index (χ4v) is 2.88. The van der Waals surface area contributed by atoms with Crippen molar-refractivity contribution >= 4 is 17.0 Å². The van der Waals surface area contributed by atoms with Gasteiger partial charge in [0.15, 0.2) is 0 Å². The number of benzene rings is 1. The van der Waals surface area contributed by atoms with Crippen LogP contribution in [0.25, 0.3) is 10.4 Å². The van der Waals surface area contributed by atoms with Crippen LogP contribution >= 0.6 is 11.3 Å². The van der Waals surface area contributed by atoms with Gasteiger partial charge in [0, 0.05) is 17.1 Å². The number of ether oxygens (including phenoxy) is 1. The molecule has 0 aliphatic carbocycles. The van der Waals surface area contributed by atoms with Gasteiger partial charge >= 0.3 is 0 Å². The number of thiophene rings is 1. The summed E-state index contributed by atoms with van der Waals surface area (Å²) in [5.74, 6) is 0. The van der Waals surface area contributed by atoms with E-state index < -0.39 is 0 Å². The van der Waals surface area contributed by atoms with Gasteiger partial charge in [0.1, 0.15) is 0 Å². The van der Waals surface area contributed by atoms with E-state index in [1.807, 2.05) is 0 Å². The second-order valence-corrected chi connectivity index (χ2v) is 6.01. The summed E-state index contributed by atoms with van der Waals surface area (Å²) in [7, 11) is 0. The highest BCUT2D eigenvalue weighted by atomic mass is 32.1. The molecule has 3 rings (SSSR count). The molecule has 0 amide bonds. The van der Waals surface area contributed by atoms with E-state index in [-0.39, 0.29) is 12.0 Å². The van der Waals surface area contributed by atoms with Gasteiger partial charge in [-0.15, -0.1) is 11.3 Å². The van der Waals surface area contributed by atoms with Crippen molar-refractivity contribution in [3.8, 4) is 10.4 Å². The zero-order chi connectivity index (χ0) is 13.1. The summed E-state index contributed by atoms with van der Waals surface area (Å²) in [4.78, 5) is 1.27. The van der Waals surface area contributed by atoms with E-state index in [2.05, 4.69) is 47.1 Å². The van der Waals surface area contributed by atoms with Crippen molar-refractivity contribution in [2.24, 2.45) is 5.41 Å². The molecule has 2 N–H and O–H groups in total. The third kappa shape index (κ3) is 2.66. The summed E-state index contributed by atoms with van der Waals surface area (Å²) >= 11 is 1.74. The number of nitrogens with one attached hydrogen (secondary N) is 1. The number of anilines is 1. The molecule has 0 atom stereocenters. The number of aliphatic hydroxyl groups is 1. The number of aliphatic hydroxyl groups excluding tert-OH is 1. The molecule has 2 aromatic rings. The molecule has 19 heavy (non-hydrogen) atoms. The maximum atomic E-state index is 9.40. The molecule has 4 heteroatoms. The van der Waals surface area contributed by atoms with Crippen LogP contribution in [0.3, 0.4) is 0 Å². The molecule has 1 aromatic carbocycles. The second kappa shape index (κ2) is 5.33. The third-order valence-corrected chi connectivity index (χ3v) is 4.41. The lowest BCUT2D eigenvalue weighted by Crippen LogP contribution is -2.50. The second-order valence-electron chi connectivity index (χ2n) is 5.06. The molecule has 1 aliphatic rings. The van der Waals surface area contributed by atoms with Crippen molar-refractivity contribution < 1.29 is 9.84 Å². The molecule has 2 heterocycles. The number of rotatable bonds is 5. The average molecular weight is 275 g/mol. The summed E-state index contributed by atoms with van der Waals surface area (Å²) in [6.07, 6.45) is 0. The maximum Gasteiger partial charge on any atom is 0.0584 e. The molecule has 1 aliphatic heterocycles. The molecule has 0 saturated carbocycles. The van der Waals surface area contributed by atoms with Gasteiger partial charge in [0.2, 0.25) is 0 Å². The van der Waals surface area contributed by atoms with Crippen LogP contribution in [0, 0.1) is 5.41 Å². The molecule has 0 radical (unpaired) electrons. The Balaban J connectivity index is 1.70. The van der Waals surface area contributed by atoms with Crippen LogP contribution in [-0.4, -0.2) is 31.5 Å². The van der Waals surface area contributed by atoms with E-state index >= 15 is 0 Å². The summed E-state index contributed by atoms with van der Waals surface area (Å²) in [5, 5.41) is 14.9. The van der Waals surface area contributed by atoms with Crippen molar-refractivity contribution in [1.82, 2.24) is 0 Å². The summed E-state index contributed by atoms with van der Waals surface area (Å²) < 4.78 is 5.20. The zero-order valence-corrected chi connectivity index (χ0v) is 11.5. The summed E-state index contributed by atoms with van der Waals surface area (Å²) in [6, 6.07) is 12.6. The highest BCUT2D eigenvalue weighted by Crippen LogP contribution is 2.29. The smallest absolute Gasteiger partial charge is 0.0584 e. The van der Waals surface area contributed by atoms with Crippen molar-refractivity contribution in [3.05, 3.63) is 41.8 Å². The van der Waals surface area contributed by atoms with Gasteiger partial charge in [0.25, 0.3) is 0 Å². The Kier molecular flexibility index (Phi) is 3.55. The minimum Gasteiger partial charge on any atom is -0.396 e. The topological polar surface area (TPSA) is 41.5 Å². The molecular formula is C15H17NO2S. The van der Waals surface area contributed by atoms with Gasteiger partial charge in [-0.3, -0.25) is 0 Å². The van der Waals surface area contributed by atoms with Crippen molar-refractivity contribution in [2.75, 3.05) is 31.7 Å². The standard InChI is InChI=1S/C15H17NO2S/c17-9-15(10-18-11-15)8-16-13-4-1-3-12(7-13)14-5-2-6-19-14/h1-7,16-17H,8-11H2. The Morgan fingerprint density at radius 2 is 2.16 bits per heavy atom. The highest BCUT2D eigenvalue weighted by Gasteiger charge is 2.37. The van der Waals surface area contributed by atoms with Gasteiger partial charge in [-0.2, -0.15) is 0 Å². The van der Waals surface area contributed by atoms with E-state index in [0.717, 1.165) is 12.2 Å². The van der Waals surface area contributed by atoms with Crippen LogP contribution in [0.4, 0.5) is 5.69 Å². The summed E-state index contributed by atoms with van der Waals surface area (Å²) in [6.45, 7) is 2.20. The molecule has 100 valence electrons. The lowest BCUT2D eigenvalue weighted by atomic mass is 9.87.